The van der Waals surface area contributed by atoms with Crippen LogP contribution in [0.5, 0.6) is 0 Å². The summed E-state index contributed by atoms with van der Waals surface area (Å²) in [6.45, 7) is 5.63. The Labute approximate surface area is 197 Å². The molecular weight excluding hydrogens is 468 g/mol. The minimum Gasteiger partial charge on any atom is -0.376 e. The number of nitrogens with zero attached hydrogens (tertiary/aromatic N) is 3. The Balaban J connectivity index is 1.71. The maximum Gasteiger partial charge on any atom is 0.243 e. The smallest absolute Gasteiger partial charge is 0.243 e. The molecule has 1 aromatic heterocycles. The third-order valence-electron chi connectivity index (χ3n) is 5.83. The molecule has 0 bridgehead atoms. The summed E-state index contributed by atoms with van der Waals surface area (Å²) in [5.74, 6) is -1.55. The van der Waals surface area contributed by atoms with Crippen molar-refractivity contribution < 1.29 is 21.9 Å². The summed E-state index contributed by atoms with van der Waals surface area (Å²) in [6, 6.07) is 9.07. The second kappa shape index (κ2) is 10.1. The average molecular weight is 496 g/mol. The number of aromatic nitrogens is 2. The van der Waals surface area contributed by atoms with Gasteiger partial charge in [0.2, 0.25) is 10.0 Å². The lowest BCUT2D eigenvalue weighted by molar-refractivity contribution is 0.0960. The Hall–Kier alpha value is -2.01. The van der Waals surface area contributed by atoms with Crippen molar-refractivity contribution in [2.24, 2.45) is 0 Å². The molecule has 10 heteroatoms. The monoisotopic (exact) mass is 495 g/mol. The van der Waals surface area contributed by atoms with E-state index in [0.29, 0.717) is 36.9 Å². The van der Waals surface area contributed by atoms with Crippen LogP contribution in [0, 0.1) is 11.6 Å². The van der Waals surface area contributed by atoms with Crippen molar-refractivity contribution in [1.82, 2.24) is 13.9 Å². The number of halogens is 2. The lowest BCUT2D eigenvalue weighted by Gasteiger charge is -2.18. The molecule has 0 saturated carbocycles. The number of rotatable bonds is 9. The zero-order chi connectivity index (χ0) is 23.6. The van der Waals surface area contributed by atoms with Gasteiger partial charge in [-0.15, -0.1) is 0 Å². The van der Waals surface area contributed by atoms with E-state index in [0.717, 1.165) is 24.4 Å². The van der Waals surface area contributed by atoms with Gasteiger partial charge in [-0.3, -0.25) is 0 Å². The molecule has 0 spiro atoms. The molecule has 0 aliphatic carbocycles. The highest BCUT2D eigenvalue weighted by Gasteiger charge is 2.25. The fourth-order valence-corrected chi connectivity index (χ4v) is 6.52. The summed E-state index contributed by atoms with van der Waals surface area (Å²) in [4.78, 5) is 4.87. The minimum absolute atomic E-state index is 0.0340. The first-order valence-corrected chi connectivity index (χ1v) is 13.5. The molecule has 0 radical (unpaired) electrons. The van der Waals surface area contributed by atoms with Gasteiger partial charge in [0.05, 0.1) is 28.6 Å². The topological polar surface area (TPSA) is 64.4 Å². The predicted octanol–water partition coefficient (Wildman–Crippen LogP) is 4.82. The number of sulfonamides is 1. The van der Waals surface area contributed by atoms with Crippen LogP contribution in [-0.2, 0) is 27.1 Å². The maximum atomic E-state index is 14.2. The van der Waals surface area contributed by atoms with Crippen molar-refractivity contribution in [3.05, 3.63) is 53.6 Å². The predicted molar refractivity (Wildman–Crippen MR) is 125 cm³/mol. The van der Waals surface area contributed by atoms with Crippen molar-refractivity contribution in [2.75, 3.05) is 19.7 Å². The number of thioether (sulfide) groups is 1. The van der Waals surface area contributed by atoms with Crippen LogP contribution in [0.3, 0.4) is 0 Å². The molecule has 1 fully saturated rings. The largest absolute Gasteiger partial charge is 0.376 e. The molecule has 1 saturated heterocycles. The molecule has 1 atom stereocenters. The van der Waals surface area contributed by atoms with E-state index in [1.807, 2.05) is 4.57 Å². The van der Waals surface area contributed by atoms with Crippen molar-refractivity contribution in [3.63, 3.8) is 0 Å². The zero-order valence-corrected chi connectivity index (χ0v) is 20.3. The number of hydrogen-bond donors (Lipinski definition) is 0. The highest BCUT2D eigenvalue weighted by molar-refractivity contribution is 7.98. The molecule has 1 unspecified atom stereocenters. The van der Waals surface area contributed by atoms with Crippen LogP contribution in [0.1, 0.15) is 32.3 Å². The Morgan fingerprint density at radius 2 is 2.00 bits per heavy atom. The van der Waals surface area contributed by atoms with Crippen molar-refractivity contribution in [3.8, 4) is 0 Å². The van der Waals surface area contributed by atoms with Crippen molar-refractivity contribution in [1.29, 1.82) is 0 Å². The number of imidazole rings is 1. The standard InChI is InChI=1S/C23H27F2N3O3S2/c1-3-27(4-2)33(29,30)18-10-11-21-20(13-18)26-23(28(21)14-17-8-6-12-31-17)32-15-16-7-5-9-19(24)22(16)25/h5,7,9-11,13,17H,3-4,6,8,12,14-15H2,1-2H3. The summed E-state index contributed by atoms with van der Waals surface area (Å²) >= 11 is 1.29. The van der Waals surface area contributed by atoms with E-state index in [-0.39, 0.29) is 22.3 Å². The Kier molecular flexibility index (Phi) is 7.37. The zero-order valence-electron chi connectivity index (χ0n) is 18.6. The van der Waals surface area contributed by atoms with E-state index in [4.69, 9.17) is 4.74 Å². The summed E-state index contributed by atoms with van der Waals surface area (Å²) < 4.78 is 62.9. The molecule has 33 heavy (non-hydrogen) atoms. The summed E-state index contributed by atoms with van der Waals surface area (Å²) in [5.41, 5.74) is 1.58. The van der Waals surface area contributed by atoms with Gasteiger partial charge in [0.15, 0.2) is 16.8 Å². The highest BCUT2D eigenvalue weighted by atomic mass is 32.2. The van der Waals surface area contributed by atoms with Gasteiger partial charge in [0.25, 0.3) is 0 Å². The lowest BCUT2D eigenvalue weighted by atomic mass is 10.2. The maximum absolute atomic E-state index is 14.2. The van der Waals surface area contributed by atoms with E-state index in [1.165, 1.54) is 22.1 Å². The fourth-order valence-electron chi connectivity index (χ4n) is 4.04. The molecular formula is C23H27F2N3O3S2. The van der Waals surface area contributed by atoms with Crippen LogP contribution < -0.4 is 0 Å². The SMILES string of the molecule is CCN(CC)S(=O)(=O)c1ccc2c(c1)nc(SCc1cccc(F)c1F)n2CC1CCCO1. The number of ether oxygens (including phenoxy) is 1. The molecule has 2 aromatic carbocycles. The van der Waals surface area contributed by atoms with Crippen LogP contribution in [0.15, 0.2) is 46.5 Å². The second-order valence-electron chi connectivity index (χ2n) is 7.88. The van der Waals surface area contributed by atoms with Gasteiger partial charge in [-0.2, -0.15) is 4.31 Å². The van der Waals surface area contributed by atoms with Gasteiger partial charge in [-0.1, -0.05) is 37.7 Å². The summed E-state index contributed by atoms with van der Waals surface area (Å²) in [5, 5.41) is 0.613. The molecule has 1 aliphatic heterocycles. The second-order valence-corrected chi connectivity index (χ2v) is 10.8. The van der Waals surface area contributed by atoms with Gasteiger partial charge in [-0.05, 0) is 37.1 Å². The minimum atomic E-state index is -3.62. The Bertz CT molecular complexity index is 1240. The summed E-state index contributed by atoms with van der Waals surface area (Å²) in [7, 11) is -3.62. The quantitative estimate of drug-likeness (QED) is 0.399. The number of benzene rings is 2. The molecule has 6 nitrogen and oxygen atoms in total. The van der Waals surface area contributed by atoms with E-state index in [9.17, 15) is 17.2 Å². The van der Waals surface area contributed by atoms with Gasteiger partial charge < -0.3 is 9.30 Å². The average Bonchev–Trinajstić information content (AvgIpc) is 3.43. The third-order valence-corrected chi connectivity index (χ3v) is 8.90. The molecule has 0 N–H and O–H groups in total. The van der Waals surface area contributed by atoms with Crippen LogP contribution in [-0.4, -0.2) is 48.1 Å². The molecule has 178 valence electrons. The fraction of sp³-hybridized carbons (Fsp3) is 0.435. The Morgan fingerprint density at radius 3 is 2.70 bits per heavy atom. The van der Waals surface area contributed by atoms with Crippen molar-refractivity contribution in [2.45, 2.75) is 55.1 Å². The van der Waals surface area contributed by atoms with Gasteiger partial charge in [0, 0.05) is 31.0 Å². The van der Waals surface area contributed by atoms with Crippen molar-refractivity contribution >= 4 is 32.8 Å². The summed E-state index contributed by atoms with van der Waals surface area (Å²) in [6.07, 6.45) is 1.95. The molecule has 2 heterocycles. The van der Waals surface area contributed by atoms with Gasteiger partial charge in [-0.25, -0.2) is 22.2 Å². The normalized spacial score (nSPS) is 16.8. The van der Waals surface area contributed by atoms with E-state index < -0.39 is 21.7 Å². The highest BCUT2D eigenvalue weighted by Crippen LogP contribution is 2.31. The first kappa shape index (κ1) is 24.1. The third kappa shape index (κ3) is 4.94. The van der Waals surface area contributed by atoms with Gasteiger partial charge >= 0.3 is 0 Å². The molecule has 4 rings (SSSR count). The first-order valence-electron chi connectivity index (χ1n) is 11.0. The lowest BCUT2D eigenvalue weighted by Crippen LogP contribution is -2.30. The van der Waals surface area contributed by atoms with Crippen LogP contribution in [0.2, 0.25) is 0 Å². The van der Waals surface area contributed by atoms with Crippen LogP contribution >= 0.6 is 11.8 Å². The Morgan fingerprint density at radius 1 is 1.21 bits per heavy atom. The molecule has 1 aliphatic rings. The van der Waals surface area contributed by atoms with E-state index in [2.05, 4.69) is 4.98 Å². The van der Waals surface area contributed by atoms with Crippen LogP contribution in [0.25, 0.3) is 11.0 Å². The first-order chi connectivity index (χ1) is 15.8. The van der Waals surface area contributed by atoms with E-state index >= 15 is 0 Å². The van der Waals surface area contributed by atoms with Gasteiger partial charge in [0.1, 0.15) is 0 Å². The number of fused-ring (bicyclic) bond motifs is 1. The number of hydrogen-bond acceptors (Lipinski definition) is 5. The van der Waals surface area contributed by atoms with E-state index in [1.54, 1.807) is 38.1 Å². The van der Waals surface area contributed by atoms with Crippen LogP contribution in [0.4, 0.5) is 8.78 Å². The molecule has 0 amide bonds. The molecule has 3 aromatic rings.